The van der Waals surface area contributed by atoms with Gasteiger partial charge in [0.1, 0.15) is 34.9 Å². The molecule has 0 aliphatic carbocycles. The van der Waals surface area contributed by atoms with Crippen LogP contribution in [-0.2, 0) is 19.9 Å². The van der Waals surface area contributed by atoms with Crippen molar-refractivity contribution < 1.29 is 26.3 Å². The molecule has 0 bridgehead atoms. The summed E-state index contributed by atoms with van der Waals surface area (Å²) in [5.41, 5.74) is 1.33. The van der Waals surface area contributed by atoms with Gasteiger partial charge in [-0.15, -0.1) is 9.93 Å². The molecule has 2 unspecified atom stereocenters. The summed E-state index contributed by atoms with van der Waals surface area (Å²) in [5, 5.41) is 3.81. The third kappa shape index (κ3) is 5.36. The van der Waals surface area contributed by atoms with Crippen molar-refractivity contribution in [3.63, 3.8) is 0 Å². The van der Waals surface area contributed by atoms with Crippen LogP contribution >= 0.6 is 0 Å². The lowest BCUT2D eigenvalue weighted by atomic mass is 10.1. The first-order valence-electron chi connectivity index (χ1n) is 11.8. The molecule has 1 aromatic heterocycles. The summed E-state index contributed by atoms with van der Waals surface area (Å²) in [6, 6.07) is 5.19. The highest BCUT2D eigenvalue weighted by atomic mass is 32.2. The van der Waals surface area contributed by atoms with Crippen LogP contribution in [0.1, 0.15) is 44.0 Å². The number of sulfonamides is 1. The molecule has 37 heavy (non-hydrogen) atoms. The number of amidine groups is 1. The molecule has 1 fully saturated rings. The first kappa shape index (κ1) is 27.1. The lowest BCUT2D eigenvalue weighted by molar-refractivity contribution is 0.277. The molecule has 2 aliphatic rings. The van der Waals surface area contributed by atoms with E-state index in [1.165, 1.54) is 14.2 Å². The van der Waals surface area contributed by atoms with Crippen LogP contribution in [0.15, 0.2) is 35.7 Å². The molecule has 0 amide bonds. The van der Waals surface area contributed by atoms with Gasteiger partial charge in [0.15, 0.2) is 15.7 Å². The minimum absolute atomic E-state index is 0.0460. The van der Waals surface area contributed by atoms with Gasteiger partial charge in [-0.05, 0) is 44.4 Å². The second-order valence-electron chi connectivity index (χ2n) is 9.18. The minimum atomic E-state index is -3.96. The fourth-order valence-corrected chi connectivity index (χ4v) is 7.51. The van der Waals surface area contributed by atoms with Crippen LogP contribution in [0.2, 0.25) is 0 Å². The summed E-state index contributed by atoms with van der Waals surface area (Å²) in [6.45, 7) is 5.08. The van der Waals surface area contributed by atoms with Crippen molar-refractivity contribution in [2.45, 2.75) is 50.0 Å². The number of hydrogen-bond acceptors (Lipinski definition) is 11. The highest BCUT2D eigenvalue weighted by Gasteiger charge is 2.44. The van der Waals surface area contributed by atoms with Crippen LogP contribution in [0.5, 0.6) is 11.5 Å². The maximum Gasteiger partial charge on any atom is 0.233 e. The second-order valence-corrected chi connectivity index (χ2v) is 13.5. The Balaban J connectivity index is 1.67. The van der Waals surface area contributed by atoms with Crippen molar-refractivity contribution in [1.82, 2.24) is 19.9 Å². The number of para-hydroxylation sites is 1. The van der Waals surface area contributed by atoms with Crippen molar-refractivity contribution in [1.29, 1.82) is 0 Å². The number of rotatable bonds is 9. The Morgan fingerprint density at radius 3 is 2.27 bits per heavy atom. The molecule has 4 rings (SSSR count). The summed E-state index contributed by atoms with van der Waals surface area (Å²) in [7, 11) is -4.44. The van der Waals surface area contributed by atoms with E-state index in [1.807, 2.05) is 6.92 Å². The third-order valence-electron chi connectivity index (χ3n) is 6.70. The number of anilines is 1. The van der Waals surface area contributed by atoms with Gasteiger partial charge in [-0.25, -0.2) is 26.8 Å². The van der Waals surface area contributed by atoms with E-state index >= 15 is 0 Å². The van der Waals surface area contributed by atoms with Gasteiger partial charge < -0.3 is 9.47 Å². The fraction of sp³-hybridized carbons (Fsp3) is 0.522. The maximum atomic E-state index is 13.3. The van der Waals surface area contributed by atoms with Gasteiger partial charge in [-0.1, -0.05) is 13.0 Å². The molecule has 12 nitrogen and oxygen atoms in total. The predicted octanol–water partition coefficient (Wildman–Crippen LogP) is 1.80. The lowest BCUT2D eigenvalue weighted by Gasteiger charge is -2.27. The van der Waals surface area contributed by atoms with Crippen LogP contribution in [0.25, 0.3) is 0 Å². The zero-order valence-electron chi connectivity index (χ0n) is 21.4. The molecule has 2 aliphatic heterocycles. The van der Waals surface area contributed by atoms with Gasteiger partial charge in [0.05, 0.1) is 25.2 Å². The number of aryl methyl sites for hydroxylation is 1. The number of hydrogen-bond donors (Lipinski definition) is 1. The zero-order chi connectivity index (χ0) is 27.0. The molecule has 3 atom stereocenters. The van der Waals surface area contributed by atoms with Gasteiger partial charge in [-0.3, -0.25) is 4.90 Å². The SMILES string of the molecule is COc1cccc(OC)c1N1CN(NS(=O)(=O)C(C)C(C)c2ncc(C)cn2)N=C1[C@@H]1CCCS1(=O)=O. The molecule has 0 radical (unpaired) electrons. The number of ether oxygens (including phenoxy) is 2. The lowest BCUT2D eigenvalue weighted by Crippen LogP contribution is -2.46. The van der Waals surface area contributed by atoms with E-state index in [4.69, 9.17) is 9.47 Å². The molecular formula is C23H32N6O6S2. The molecule has 14 heteroatoms. The Kier molecular flexibility index (Phi) is 7.62. The Labute approximate surface area is 217 Å². The van der Waals surface area contributed by atoms with E-state index in [1.54, 1.807) is 49.3 Å². The maximum absolute atomic E-state index is 13.3. The Hall–Kier alpha value is -2.97. The van der Waals surface area contributed by atoms with Gasteiger partial charge in [0.25, 0.3) is 0 Å². The Bertz CT molecular complexity index is 1360. The summed E-state index contributed by atoms with van der Waals surface area (Å²) < 4.78 is 63.5. The second kappa shape index (κ2) is 10.4. The number of benzene rings is 1. The molecule has 2 aromatic rings. The number of methoxy groups -OCH3 is 2. The quantitative estimate of drug-likeness (QED) is 0.489. The van der Waals surface area contributed by atoms with Crippen LogP contribution in [0.3, 0.4) is 0 Å². The van der Waals surface area contributed by atoms with Crippen molar-refractivity contribution in [2.75, 3.05) is 31.5 Å². The van der Waals surface area contributed by atoms with Crippen LogP contribution in [-0.4, -0.2) is 74.9 Å². The predicted molar refractivity (Wildman–Crippen MR) is 140 cm³/mol. The summed E-state index contributed by atoms with van der Waals surface area (Å²) in [4.78, 5) is 12.7. The largest absolute Gasteiger partial charge is 0.494 e. The van der Waals surface area contributed by atoms with Gasteiger partial charge in [0.2, 0.25) is 10.0 Å². The summed E-state index contributed by atoms with van der Waals surface area (Å²) in [6.07, 6.45) is 4.17. The highest BCUT2D eigenvalue weighted by molar-refractivity contribution is 7.93. The van der Waals surface area contributed by atoms with Crippen LogP contribution < -0.4 is 19.2 Å². The number of hydrazone groups is 1. The standard InChI is InChI=1S/C23H32N6O6S2/c1-15-12-24-22(25-13-15)16(2)17(3)37(32,33)27-29-14-28(21-18(34-4)8-6-9-19(21)35-5)23(26-29)20-10-7-11-36(20,30)31/h6,8-9,12-13,16-17,20,27H,7,10-11,14H2,1-5H3/t16?,17?,20-/m0/s1. The molecule has 0 spiro atoms. The average Bonchev–Trinajstić information content (AvgIpc) is 3.43. The van der Waals surface area contributed by atoms with Gasteiger partial charge in [-0.2, -0.15) is 5.12 Å². The van der Waals surface area contributed by atoms with E-state index in [9.17, 15) is 16.8 Å². The highest BCUT2D eigenvalue weighted by Crippen LogP contribution is 2.41. The minimum Gasteiger partial charge on any atom is -0.494 e. The number of nitrogens with one attached hydrogen (secondary N) is 1. The first-order valence-corrected chi connectivity index (χ1v) is 15.1. The summed E-state index contributed by atoms with van der Waals surface area (Å²) >= 11 is 0. The average molecular weight is 553 g/mol. The number of hydrazine groups is 1. The molecule has 1 N–H and O–H groups in total. The Morgan fingerprint density at radius 2 is 1.73 bits per heavy atom. The van der Waals surface area contributed by atoms with E-state index in [2.05, 4.69) is 19.9 Å². The number of nitrogens with zero attached hydrogens (tertiary/aromatic N) is 5. The van der Waals surface area contributed by atoms with E-state index in [0.29, 0.717) is 35.9 Å². The van der Waals surface area contributed by atoms with Crippen LogP contribution in [0.4, 0.5) is 5.69 Å². The molecule has 0 saturated carbocycles. The summed E-state index contributed by atoms with van der Waals surface area (Å²) in [5.74, 6) is 1.03. The Morgan fingerprint density at radius 1 is 1.11 bits per heavy atom. The molecule has 202 valence electrons. The topological polar surface area (TPSA) is 143 Å². The molecule has 3 heterocycles. The number of sulfone groups is 1. The van der Waals surface area contributed by atoms with Gasteiger partial charge in [0, 0.05) is 18.3 Å². The zero-order valence-corrected chi connectivity index (χ0v) is 23.1. The molecular weight excluding hydrogens is 520 g/mol. The van der Waals surface area contributed by atoms with Crippen molar-refractivity contribution in [3.8, 4) is 11.5 Å². The smallest absolute Gasteiger partial charge is 0.233 e. The van der Waals surface area contributed by atoms with Crippen molar-refractivity contribution in [3.05, 3.63) is 42.0 Å². The molecule has 1 aromatic carbocycles. The van der Waals surface area contributed by atoms with E-state index < -0.39 is 36.3 Å². The van der Waals surface area contributed by atoms with E-state index in [-0.39, 0.29) is 18.3 Å². The van der Waals surface area contributed by atoms with Crippen molar-refractivity contribution in [2.24, 2.45) is 5.10 Å². The monoisotopic (exact) mass is 552 g/mol. The fourth-order valence-electron chi connectivity index (χ4n) is 4.41. The van der Waals surface area contributed by atoms with E-state index in [0.717, 1.165) is 10.7 Å². The van der Waals surface area contributed by atoms with Crippen molar-refractivity contribution >= 4 is 31.4 Å². The third-order valence-corrected chi connectivity index (χ3v) is 10.7. The molecule has 1 saturated heterocycles. The number of aromatic nitrogens is 2. The normalized spacial score (nSPS) is 21.0. The first-order chi connectivity index (χ1) is 17.5. The van der Waals surface area contributed by atoms with Crippen LogP contribution in [0, 0.1) is 6.92 Å². The van der Waals surface area contributed by atoms with Gasteiger partial charge >= 0.3 is 0 Å².